The van der Waals surface area contributed by atoms with Crippen LogP contribution in [0, 0.1) is 0 Å². The molecule has 0 fully saturated rings. The van der Waals surface area contributed by atoms with Crippen molar-refractivity contribution in [2.24, 2.45) is 0 Å². The molecule has 0 aliphatic heterocycles. The van der Waals surface area contributed by atoms with Crippen LogP contribution < -0.4 is 5.32 Å². The van der Waals surface area contributed by atoms with E-state index in [1.165, 1.54) is 6.42 Å². The van der Waals surface area contributed by atoms with Crippen LogP contribution in [-0.2, 0) is 4.79 Å². The van der Waals surface area contributed by atoms with Gasteiger partial charge in [-0.3, -0.25) is 4.79 Å². The zero-order valence-electron chi connectivity index (χ0n) is 8.09. The van der Waals surface area contributed by atoms with Crippen LogP contribution in [0.3, 0.4) is 0 Å². The Morgan fingerprint density at radius 3 is 2.46 bits per heavy atom. The van der Waals surface area contributed by atoms with Gasteiger partial charge in [-0.25, -0.2) is 0 Å². The van der Waals surface area contributed by atoms with Crippen LogP contribution in [0.4, 0.5) is 0 Å². The van der Waals surface area contributed by atoms with Gasteiger partial charge in [0.25, 0.3) is 0 Å². The molecular formula is C10H19NO2. The van der Waals surface area contributed by atoms with Crippen molar-refractivity contribution in [3.05, 3.63) is 12.8 Å². The van der Waals surface area contributed by atoms with Gasteiger partial charge in [-0.05, 0) is 19.0 Å². The summed E-state index contributed by atoms with van der Waals surface area (Å²) in [6, 6.07) is 0. The zero-order chi connectivity index (χ0) is 9.94. The van der Waals surface area contributed by atoms with Gasteiger partial charge in [0, 0.05) is 13.0 Å². The highest BCUT2D eigenvalue weighted by atomic mass is 16.4. The third kappa shape index (κ3) is 11.0. The quantitative estimate of drug-likeness (QED) is 0.541. The van der Waals surface area contributed by atoms with Crippen LogP contribution in [0.5, 0.6) is 0 Å². The van der Waals surface area contributed by atoms with Gasteiger partial charge in [-0.15, -0.1) is 0 Å². The Bertz CT molecular complexity index is 146. The lowest BCUT2D eigenvalue weighted by molar-refractivity contribution is -0.137. The van der Waals surface area contributed by atoms with Crippen molar-refractivity contribution in [1.29, 1.82) is 0 Å². The largest absolute Gasteiger partial charge is 0.481 e. The average molecular weight is 185 g/mol. The van der Waals surface area contributed by atoms with Gasteiger partial charge in [-0.2, -0.15) is 0 Å². The van der Waals surface area contributed by atoms with Crippen LogP contribution in [0.25, 0.3) is 0 Å². The van der Waals surface area contributed by atoms with E-state index in [4.69, 9.17) is 5.11 Å². The van der Waals surface area contributed by atoms with E-state index in [-0.39, 0.29) is 0 Å². The molecule has 76 valence electrons. The Kier molecular flexibility index (Phi) is 8.41. The number of hydrogen-bond acceptors (Lipinski definition) is 2. The summed E-state index contributed by atoms with van der Waals surface area (Å²) in [6.45, 7) is 4.53. The Morgan fingerprint density at radius 1 is 1.23 bits per heavy atom. The fourth-order valence-corrected chi connectivity index (χ4v) is 1.14. The van der Waals surface area contributed by atoms with Crippen LogP contribution in [-0.4, -0.2) is 17.6 Å². The normalized spacial score (nSPS) is 9.54. The smallest absolute Gasteiger partial charge is 0.303 e. The highest BCUT2D eigenvalue weighted by Gasteiger charge is 1.95. The molecule has 0 spiro atoms. The van der Waals surface area contributed by atoms with Crippen LogP contribution in [0.15, 0.2) is 12.8 Å². The summed E-state index contributed by atoms with van der Waals surface area (Å²) in [7, 11) is 0. The topological polar surface area (TPSA) is 49.3 Å². The fourth-order valence-electron chi connectivity index (χ4n) is 1.14. The second-order valence-electron chi connectivity index (χ2n) is 3.07. The number of aliphatic carboxylic acids is 1. The van der Waals surface area contributed by atoms with Crippen molar-refractivity contribution in [3.8, 4) is 0 Å². The number of carbonyl (C=O) groups is 1. The maximum absolute atomic E-state index is 10.2. The van der Waals surface area contributed by atoms with Crippen molar-refractivity contribution in [2.45, 2.75) is 38.5 Å². The number of carboxylic acid groups (broad SMARTS) is 1. The zero-order valence-corrected chi connectivity index (χ0v) is 8.09. The Hall–Kier alpha value is -0.990. The number of carboxylic acids is 1. The third-order valence-corrected chi connectivity index (χ3v) is 1.86. The first-order valence-corrected chi connectivity index (χ1v) is 4.83. The van der Waals surface area contributed by atoms with Crippen molar-refractivity contribution in [3.63, 3.8) is 0 Å². The van der Waals surface area contributed by atoms with E-state index in [1.807, 2.05) is 0 Å². The van der Waals surface area contributed by atoms with Gasteiger partial charge >= 0.3 is 5.97 Å². The monoisotopic (exact) mass is 185 g/mol. The maximum atomic E-state index is 10.2. The first kappa shape index (κ1) is 12.0. The fraction of sp³-hybridized carbons (Fsp3) is 0.700. The molecule has 3 nitrogen and oxygen atoms in total. The highest BCUT2D eigenvalue weighted by molar-refractivity contribution is 5.66. The molecule has 13 heavy (non-hydrogen) atoms. The lowest BCUT2D eigenvalue weighted by Gasteiger charge is -2.00. The molecule has 0 saturated carbocycles. The molecule has 3 heteroatoms. The van der Waals surface area contributed by atoms with Crippen molar-refractivity contribution in [1.82, 2.24) is 5.32 Å². The lowest BCUT2D eigenvalue weighted by Crippen LogP contribution is -2.05. The molecule has 0 unspecified atom stereocenters. The van der Waals surface area contributed by atoms with Crippen LogP contribution >= 0.6 is 0 Å². The molecule has 0 amide bonds. The molecule has 0 heterocycles. The van der Waals surface area contributed by atoms with Gasteiger partial charge in [0.15, 0.2) is 0 Å². The number of nitrogens with one attached hydrogen (secondary N) is 1. The molecule has 0 bridgehead atoms. The minimum Gasteiger partial charge on any atom is -0.481 e. The maximum Gasteiger partial charge on any atom is 0.303 e. The van der Waals surface area contributed by atoms with E-state index in [9.17, 15) is 4.79 Å². The van der Waals surface area contributed by atoms with E-state index in [1.54, 1.807) is 6.20 Å². The summed E-state index contributed by atoms with van der Waals surface area (Å²) < 4.78 is 0. The van der Waals surface area contributed by atoms with E-state index in [0.29, 0.717) is 6.42 Å². The van der Waals surface area contributed by atoms with Crippen molar-refractivity contribution >= 4 is 5.97 Å². The van der Waals surface area contributed by atoms with Gasteiger partial charge < -0.3 is 10.4 Å². The second-order valence-corrected chi connectivity index (χ2v) is 3.07. The first-order chi connectivity index (χ1) is 6.27. The minimum absolute atomic E-state index is 0.310. The predicted molar refractivity (Wildman–Crippen MR) is 53.5 cm³/mol. The van der Waals surface area contributed by atoms with Crippen LogP contribution in [0.1, 0.15) is 38.5 Å². The third-order valence-electron chi connectivity index (χ3n) is 1.86. The van der Waals surface area contributed by atoms with E-state index < -0.39 is 5.97 Å². The molecule has 2 N–H and O–H groups in total. The van der Waals surface area contributed by atoms with Gasteiger partial charge in [0.2, 0.25) is 0 Å². The summed E-state index contributed by atoms with van der Waals surface area (Å²) in [6.07, 6.45) is 7.28. The minimum atomic E-state index is -0.687. The summed E-state index contributed by atoms with van der Waals surface area (Å²) >= 11 is 0. The summed E-state index contributed by atoms with van der Waals surface area (Å²) in [5.41, 5.74) is 0. The molecule has 0 aliphatic rings. The molecule has 0 saturated heterocycles. The van der Waals surface area contributed by atoms with Gasteiger partial charge in [0.1, 0.15) is 0 Å². The molecule has 0 radical (unpaired) electrons. The molecular weight excluding hydrogens is 166 g/mol. The summed E-state index contributed by atoms with van der Waals surface area (Å²) in [4.78, 5) is 10.2. The average Bonchev–Trinajstić information content (AvgIpc) is 2.09. The van der Waals surface area contributed by atoms with Gasteiger partial charge in [0.05, 0.1) is 0 Å². The standard InChI is InChI=1S/C10H19NO2/c1-2-11-9-7-5-3-4-6-8-10(12)13/h2,11H,1,3-9H2,(H,12,13). The molecule has 0 aromatic rings. The Labute approximate surface area is 79.8 Å². The summed E-state index contributed by atoms with van der Waals surface area (Å²) in [5.74, 6) is -0.687. The lowest BCUT2D eigenvalue weighted by atomic mass is 10.1. The second kappa shape index (κ2) is 9.10. The number of hydrogen-bond donors (Lipinski definition) is 2. The predicted octanol–water partition coefficient (Wildman–Crippen LogP) is 2.14. The molecule has 0 aromatic carbocycles. The first-order valence-electron chi connectivity index (χ1n) is 4.83. The van der Waals surface area contributed by atoms with E-state index in [2.05, 4.69) is 11.9 Å². The number of unbranched alkanes of at least 4 members (excludes halogenated alkanes) is 4. The Morgan fingerprint density at radius 2 is 1.85 bits per heavy atom. The van der Waals surface area contributed by atoms with E-state index >= 15 is 0 Å². The van der Waals surface area contributed by atoms with E-state index in [0.717, 1.165) is 32.2 Å². The van der Waals surface area contributed by atoms with Crippen molar-refractivity contribution in [2.75, 3.05) is 6.54 Å². The molecule has 0 rings (SSSR count). The number of rotatable bonds is 9. The Balaban J connectivity index is 2.91. The molecule has 0 atom stereocenters. The SMILES string of the molecule is C=CNCCCCCCCC(=O)O. The van der Waals surface area contributed by atoms with Gasteiger partial charge in [-0.1, -0.05) is 25.8 Å². The van der Waals surface area contributed by atoms with Crippen molar-refractivity contribution < 1.29 is 9.90 Å². The van der Waals surface area contributed by atoms with Crippen LogP contribution in [0.2, 0.25) is 0 Å². The molecule has 0 aliphatic carbocycles. The highest BCUT2D eigenvalue weighted by Crippen LogP contribution is 2.04. The summed E-state index contributed by atoms with van der Waals surface area (Å²) in [5, 5.41) is 11.4. The molecule has 0 aromatic heterocycles.